The van der Waals surface area contributed by atoms with E-state index in [1.165, 1.54) is 46.6 Å². The number of amides is 1. The zero-order valence-electron chi connectivity index (χ0n) is 18.4. The lowest BCUT2D eigenvalue weighted by Gasteiger charge is -2.20. The Bertz CT molecular complexity index is 1110. The van der Waals surface area contributed by atoms with Gasteiger partial charge in [-0.15, -0.1) is 0 Å². The molecule has 0 bridgehead atoms. The molecule has 1 N–H and O–H groups in total. The van der Waals surface area contributed by atoms with Gasteiger partial charge in [-0.25, -0.2) is 18.2 Å². The summed E-state index contributed by atoms with van der Waals surface area (Å²) in [4.78, 5) is 27.6. The second-order valence-electron chi connectivity index (χ2n) is 6.64. The molecule has 1 aromatic carbocycles. The first kappa shape index (κ1) is 24.8. The van der Waals surface area contributed by atoms with Crippen molar-refractivity contribution in [2.45, 2.75) is 11.8 Å². The topological polar surface area (TPSA) is 124 Å². The van der Waals surface area contributed by atoms with E-state index < -0.39 is 28.4 Å². The molecule has 0 radical (unpaired) electrons. The van der Waals surface area contributed by atoms with Gasteiger partial charge in [0.25, 0.3) is 0 Å². The van der Waals surface area contributed by atoms with Crippen LogP contribution in [-0.2, 0) is 24.3 Å². The molecule has 0 fully saturated rings. The molecule has 2 aromatic rings. The van der Waals surface area contributed by atoms with Gasteiger partial charge in [-0.2, -0.15) is 4.31 Å². The summed E-state index contributed by atoms with van der Waals surface area (Å²) in [5.74, 6) is -0.765. The minimum atomic E-state index is -4.18. The van der Waals surface area contributed by atoms with Crippen molar-refractivity contribution in [1.29, 1.82) is 0 Å². The monoisotopic (exact) mass is 463 g/mol. The molecule has 0 unspecified atom stereocenters. The minimum absolute atomic E-state index is 0.0322. The van der Waals surface area contributed by atoms with E-state index in [4.69, 9.17) is 9.47 Å². The predicted molar refractivity (Wildman–Crippen MR) is 118 cm³/mol. The zero-order valence-corrected chi connectivity index (χ0v) is 19.2. The number of nitrogens with one attached hydrogen (secondary N) is 1. The van der Waals surface area contributed by atoms with Crippen LogP contribution in [0.4, 0.5) is 5.82 Å². The summed E-state index contributed by atoms with van der Waals surface area (Å²) in [5, 5.41) is 2.55. The zero-order chi connectivity index (χ0) is 23.9. The average molecular weight is 464 g/mol. The Kier molecular flexibility index (Phi) is 8.33. The second-order valence-corrected chi connectivity index (χ2v) is 8.65. The lowest BCUT2D eigenvalue weighted by atomic mass is 10.2. The first-order valence-electron chi connectivity index (χ1n) is 9.33. The van der Waals surface area contributed by atoms with Crippen molar-refractivity contribution in [2.75, 3.05) is 40.2 Å². The molecule has 0 saturated carbocycles. The van der Waals surface area contributed by atoms with Crippen molar-refractivity contribution >= 4 is 33.8 Å². The van der Waals surface area contributed by atoms with Crippen LogP contribution in [0.2, 0.25) is 0 Å². The fourth-order valence-electron chi connectivity index (χ4n) is 2.65. The van der Waals surface area contributed by atoms with E-state index in [0.717, 1.165) is 15.9 Å². The number of esters is 1. The van der Waals surface area contributed by atoms with Crippen molar-refractivity contribution in [3.05, 3.63) is 47.7 Å². The van der Waals surface area contributed by atoms with Gasteiger partial charge < -0.3 is 19.5 Å². The molecular formula is C21H25N3O7S. The first-order chi connectivity index (χ1) is 15.1. The van der Waals surface area contributed by atoms with Gasteiger partial charge >= 0.3 is 5.97 Å². The highest BCUT2D eigenvalue weighted by atomic mass is 32.2. The van der Waals surface area contributed by atoms with Gasteiger partial charge in [0.05, 0.1) is 27.9 Å². The van der Waals surface area contributed by atoms with Gasteiger partial charge in [0, 0.05) is 19.3 Å². The number of ether oxygens (including phenoxy) is 3. The Balaban J connectivity index is 2.35. The van der Waals surface area contributed by atoms with Gasteiger partial charge in [-0.3, -0.25) is 4.79 Å². The van der Waals surface area contributed by atoms with Gasteiger partial charge in [0.1, 0.15) is 10.7 Å². The summed E-state index contributed by atoms with van der Waals surface area (Å²) in [6, 6.07) is 6.21. The molecule has 0 aliphatic heterocycles. The number of hydrogen-bond acceptors (Lipinski definition) is 8. The number of likely N-dealkylation sites (N-methyl/N-ethyl adjacent to an activating group) is 1. The van der Waals surface area contributed by atoms with E-state index >= 15 is 0 Å². The fraction of sp³-hybridized carbons (Fsp3) is 0.286. The second kappa shape index (κ2) is 10.7. The number of sulfonamides is 1. The number of carbonyl (C=O) groups excluding carboxylic acids is 2. The van der Waals surface area contributed by atoms with Crippen LogP contribution in [0.5, 0.6) is 11.5 Å². The van der Waals surface area contributed by atoms with E-state index in [2.05, 4.69) is 15.0 Å². The smallest absolute Gasteiger partial charge is 0.330 e. The molecule has 172 valence electrons. The SMILES string of the molecule is COC(=O)/C=C/c1cc(OC)c(OC)c(S(=O)(=O)N(C)CC(=O)Nc2ccc(C)cn2)c1. The molecule has 0 atom stereocenters. The molecule has 0 spiro atoms. The number of aromatic nitrogens is 1. The van der Waals surface area contributed by atoms with Crippen LogP contribution in [0.25, 0.3) is 6.08 Å². The fourth-order valence-corrected chi connectivity index (χ4v) is 3.98. The summed E-state index contributed by atoms with van der Waals surface area (Å²) >= 11 is 0. The molecular weight excluding hydrogens is 438 g/mol. The Labute approximate surface area is 186 Å². The summed E-state index contributed by atoms with van der Waals surface area (Å²) in [6.07, 6.45) is 4.10. The predicted octanol–water partition coefficient (Wildman–Crippen LogP) is 1.85. The molecule has 1 heterocycles. The minimum Gasteiger partial charge on any atom is -0.493 e. The van der Waals surface area contributed by atoms with Gasteiger partial charge in [0.15, 0.2) is 11.5 Å². The number of carbonyl (C=O) groups is 2. The third kappa shape index (κ3) is 6.05. The Hall–Kier alpha value is -3.44. The van der Waals surface area contributed by atoms with Gasteiger partial charge in [-0.05, 0) is 42.3 Å². The standard InChI is InChI=1S/C21H25N3O7S/c1-14-6-8-18(22-12-14)23-19(25)13-24(2)32(27,28)17-11-15(7-9-20(26)30-4)10-16(29-3)21(17)31-5/h6-12H,13H2,1-5H3,(H,22,23,25)/b9-7+. The lowest BCUT2D eigenvalue weighted by Crippen LogP contribution is -2.35. The highest BCUT2D eigenvalue weighted by Gasteiger charge is 2.29. The van der Waals surface area contributed by atoms with Gasteiger partial charge in [-0.1, -0.05) is 6.07 Å². The molecule has 0 saturated heterocycles. The van der Waals surface area contributed by atoms with E-state index in [1.54, 1.807) is 18.3 Å². The molecule has 11 heteroatoms. The van der Waals surface area contributed by atoms with Crippen LogP contribution in [0.15, 0.2) is 41.4 Å². The molecule has 10 nitrogen and oxygen atoms in total. The van der Waals surface area contributed by atoms with E-state index in [0.29, 0.717) is 11.4 Å². The average Bonchev–Trinajstić information content (AvgIpc) is 2.77. The van der Waals surface area contributed by atoms with Crippen LogP contribution < -0.4 is 14.8 Å². The van der Waals surface area contributed by atoms with Crippen LogP contribution in [0.3, 0.4) is 0 Å². The number of anilines is 1. The normalized spacial score (nSPS) is 11.4. The number of pyridine rings is 1. The molecule has 2 rings (SSSR count). The summed E-state index contributed by atoms with van der Waals surface area (Å²) < 4.78 is 42.4. The maximum atomic E-state index is 13.2. The largest absolute Gasteiger partial charge is 0.493 e. The Morgan fingerprint density at radius 3 is 2.44 bits per heavy atom. The molecule has 1 aromatic heterocycles. The van der Waals surface area contributed by atoms with Crippen LogP contribution in [0, 0.1) is 6.92 Å². The first-order valence-corrected chi connectivity index (χ1v) is 10.8. The number of benzene rings is 1. The van der Waals surface area contributed by atoms with Crippen molar-refractivity contribution in [1.82, 2.24) is 9.29 Å². The van der Waals surface area contributed by atoms with Crippen LogP contribution >= 0.6 is 0 Å². The molecule has 0 aliphatic rings. The van der Waals surface area contributed by atoms with E-state index in [9.17, 15) is 18.0 Å². The highest BCUT2D eigenvalue weighted by molar-refractivity contribution is 7.89. The van der Waals surface area contributed by atoms with Gasteiger partial charge in [0.2, 0.25) is 15.9 Å². The quantitative estimate of drug-likeness (QED) is 0.441. The third-order valence-corrected chi connectivity index (χ3v) is 6.12. The molecule has 32 heavy (non-hydrogen) atoms. The van der Waals surface area contributed by atoms with Crippen molar-refractivity contribution in [2.24, 2.45) is 0 Å². The highest BCUT2D eigenvalue weighted by Crippen LogP contribution is 2.37. The summed E-state index contributed by atoms with van der Waals surface area (Å²) in [6.45, 7) is 1.39. The Morgan fingerprint density at radius 1 is 1.16 bits per heavy atom. The van der Waals surface area contributed by atoms with Crippen molar-refractivity contribution in [3.63, 3.8) is 0 Å². The number of hydrogen-bond donors (Lipinski definition) is 1. The van der Waals surface area contributed by atoms with E-state index in [1.807, 2.05) is 6.92 Å². The number of methoxy groups -OCH3 is 3. The van der Waals surface area contributed by atoms with E-state index in [-0.39, 0.29) is 16.4 Å². The van der Waals surface area contributed by atoms with Crippen LogP contribution in [-0.4, -0.2) is 64.5 Å². The van der Waals surface area contributed by atoms with Crippen molar-refractivity contribution in [3.8, 4) is 11.5 Å². The maximum absolute atomic E-state index is 13.2. The van der Waals surface area contributed by atoms with Crippen molar-refractivity contribution < 1.29 is 32.2 Å². The summed E-state index contributed by atoms with van der Waals surface area (Å²) in [5.41, 5.74) is 1.28. The maximum Gasteiger partial charge on any atom is 0.330 e. The lowest BCUT2D eigenvalue weighted by molar-refractivity contribution is -0.134. The Morgan fingerprint density at radius 2 is 1.88 bits per heavy atom. The molecule has 0 aliphatic carbocycles. The summed E-state index contributed by atoms with van der Waals surface area (Å²) in [7, 11) is 0.969. The number of aryl methyl sites for hydroxylation is 1. The molecule has 1 amide bonds. The third-order valence-electron chi connectivity index (χ3n) is 4.31. The number of nitrogens with zero attached hydrogens (tertiary/aromatic N) is 2. The van der Waals surface area contributed by atoms with Crippen LogP contribution in [0.1, 0.15) is 11.1 Å². The number of rotatable bonds is 9.